The lowest BCUT2D eigenvalue weighted by molar-refractivity contribution is 0.0587. The van der Waals surface area contributed by atoms with E-state index in [0.29, 0.717) is 23.5 Å². The van der Waals surface area contributed by atoms with Gasteiger partial charge in [0.05, 0.1) is 18.5 Å². The monoisotopic (exact) mass is 519 g/mol. The first-order chi connectivity index (χ1) is 14.8. The largest absolute Gasteiger partial charge is 0.477 e. The van der Waals surface area contributed by atoms with E-state index in [9.17, 15) is 4.79 Å². The van der Waals surface area contributed by atoms with Gasteiger partial charge in [0, 0.05) is 19.6 Å². The zero-order valence-corrected chi connectivity index (χ0v) is 22.2. The van der Waals surface area contributed by atoms with E-state index in [1.54, 1.807) is 17.9 Å². The highest BCUT2D eigenvalue weighted by Gasteiger charge is 2.25. The predicted molar refractivity (Wildman–Crippen MR) is 133 cm³/mol. The first-order valence-corrected chi connectivity index (χ1v) is 15.0. The van der Waals surface area contributed by atoms with Crippen LogP contribution < -0.4 is 9.64 Å². The average molecular weight is 521 g/mol. The number of amides is 1. The molecule has 0 aliphatic heterocycles. The van der Waals surface area contributed by atoms with Gasteiger partial charge in [0.15, 0.2) is 5.65 Å². The van der Waals surface area contributed by atoms with E-state index in [2.05, 4.69) is 50.6 Å². The maximum Gasteiger partial charge on any atom is 0.416 e. The quantitative estimate of drug-likeness (QED) is 0.390. The summed E-state index contributed by atoms with van der Waals surface area (Å²) in [6, 6.07) is 8.71. The van der Waals surface area contributed by atoms with Crippen LogP contribution >= 0.6 is 15.9 Å². The summed E-state index contributed by atoms with van der Waals surface area (Å²) < 4.78 is 14.2. The lowest BCUT2D eigenvalue weighted by atomic mass is 10.2. The molecule has 8 nitrogen and oxygen atoms in total. The predicted octanol–water partition coefficient (Wildman–Crippen LogP) is 5.67. The lowest BCUT2D eigenvalue weighted by Gasteiger charge is -2.24. The molecule has 2 heterocycles. The molecule has 0 bridgehead atoms. The third kappa shape index (κ3) is 6.07. The van der Waals surface area contributed by atoms with E-state index in [1.165, 1.54) is 4.90 Å². The summed E-state index contributed by atoms with van der Waals surface area (Å²) in [7, 11) is 0.295. The van der Waals surface area contributed by atoms with Crippen LogP contribution in [0.1, 0.15) is 20.8 Å². The lowest BCUT2D eigenvalue weighted by Crippen LogP contribution is -2.35. The molecule has 0 N–H and O–H groups in total. The number of anilines is 1. The number of aromatic nitrogens is 4. The minimum atomic E-state index is -1.29. The fraction of sp³-hybridized carbons (Fsp3) is 0.455. The van der Waals surface area contributed by atoms with Gasteiger partial charge in [-0.1, -0.05) is 35.6 Å². The number of halogens is 1. The molecule has 0 fully saturated rings. The van der Waals surface area contributed by atoms with Crippen LogP contribution in [-0.2, 0) is 4.74 Å². The first-order valence-electron chi connectivity index (χ1n) is 10.5. The van der Waals surface area contributed by atoms with Gasteiger partial charge in [-0.3, -0.25) is 0 Å². The van der Waals surface area contributed by atoms with E-state index in [-0.39, 0.29) is 5.95 Å². The van der Waals surface area contributed by atoms with Crippen LogP contribution in [0, 0.1) is 0 Å². The van der Waals surface area contributed by atoms with Gasteiger partial charge in [-0.15, -0.1) is 0 Å². The van der Waals surface area contributed by atoms with Crippen LogP contribution in [0.3, 0.4) is 0 Å². The highest BCUT2D eigenvalue weighted by Crippen LogP contribution is 2.28. The van der Waals surface area contributed by atoms with Crippen LogP contribution in [0.4, 0.5) is 10.7 Å². The van der Waals surface area contributed by atoms with Crippen molar-refractivity contribution in [3.8, 4) is 11.6 Å². The summed E-state index contributed by atoms with van der Waals surface area (Å²) in [6.07, 6.45) is 1.15. The molecule has 0 spiro atoms. The van der Waals surface area contributed by atoms with E-state index in [4.69, 9.17) is 9.47 Å². The molecule has 0 radical (unpaired) electrons. The third-order valence-corrected chi connectivity index (χ3v) is 6.74. The van der Waals surface area contributed by atoms with Gasteiger partial charge in [0.25, 0.3) is 0 Å². The molecular weight excluding hydrogens is 490 g/mol. The van der Waals surface area contributed by atoms with Gasteiger partial charge in [0.1, 0.15) is 11.0 Å². The molecule has 10 heteroatoms. The standard InChI is InChI=1S/C22H30BrN5O3Si/c1-22(2,3)31-21(29)27(4)20-25-18-17(19(26-20)30-12-13-32(5,6)7)14-24-28(18)16-10-8-15(23)9-11-16/h8-11,14H,12-13H2,1-7H3. The SMILES string of the molecule is CN(C(=O)OC(C)(C)C)c1nc(OCC[Si](C)(C)C)c2cnn(-c3ccc(Br)cc3)c2n1. The molecule has 0 unspecified atom stereocenters. The summed E-state index contributed by atoms with van der Waals surface area (Å²) >= 11 is 3.45. The van der Waals surface area contributed by atoms with Gasteiger partial charge >= 0.3 is 6.09 Å². The number of nitrogens with zero attached hydrogens (tertiary/aromatic N) is 5. The van der Waals surface area contributed by atoms with Crippen molar-refractivity contribution in [2.75, 3.05) is 18.6 Å². The first kappa shape index (κ1) is 24.2. The highest BCUT2D eigenvalue weighted by atomic mass is 79.9. The van der Waals surface area contributed by atoms with Gasteiger partial charge < -0.3 is 9.47 Å². The van der Waals surface area contributed by atoms with Crippen LogP contribution in [-0.4, -0.2) is 53.2 Å². The fourth-order valence-corrected chi connectivity index (χ4v) is 3.75. The molecule has 0 aliphatic carbocycles. The number of hydrogen-bond donors (Lipinski definition) is 0. The van der Waals surface area contributed by atoms with E-state index < -0.39 is 19.8 Å². The van der Waals surface area contributed by atoms with Crippen molar-refractivity contribution in [3.05, 3.63) is 34.9 Å². The second-order valence-electron chi connectivity index (χ2n) is 9.80. The Balaban J connectivity index is 2.05. The molecular formula is C22H30BrN5O3Si. The molecule has 3 aromatic rings. The Bertz CT molecular complexity index is 1100. The highest BCUT2D eigenvalue weighted by molar-refractivity contribution is 9.10. The summed E-state index contributed by atoms with van der Waals surface area (Å²) in [5.41, 5.74) is 0.752. The molecule has 32 heavy (non-hydrogen) atoms. The Hall–Kier alpha value is -2.46. The van der Waals surface area contributed by atoms with Crippen molar-refractivity contribution in [3.63, 3.8) is 0 Å². The Labute approximate surface area is 198 Å². The molecule has 2 aromatic heterocycles. The third-order valence-electron chi connectivity index (χ3n) is 4.51. The summed E-state index contributed by atoms with van der Waals surface area (Å²) in [4.78, 5) is 23.1. The minimum Gasteiger partial charge on any atom is -0.477 e. The molecule has 0 saturated heterocycles. The molecule has 1 aromatic carbocycles. The number of carbonyl (C=O) groups excluding carboxylic acids is 1. The van der Waals surface area contributed by atoms with E-state index in [1.807, 2.05) is 45.0 Å². The number of fused-ring (bicyclic) bond motifs is 1. The smallest absolute Gasteiger partial charge is 0.416 e. The van der Waals surface area contributed by atoms with Crippen LogP contribution in [0.5, 0.6) is 5.88 Å². The number of hydrogen-bond acceptors (Lipinski definition) is 6. The normalized spacial score (nSPS) is 12.1. The van der Waals surface area contributed by atoms with Gasteiger partial charge in [-0.25, -0.2) is 14.4 Å². The van der Waals surface area contributed by atoms with Crippen LogP contribution in [0.15, 0.2) is 34.9 Å². The molecule has 0 aliphatic rings. The van der Waals surface area contributed by atoms with Crippen molar-refractivity contribution >= 4 is 47.1 Å². The van der Waals surface area contributed by atoms with Gasteiger partial charge in [-0.05, 0) is 51.1 Å². The molecule has 0 saturated carbocycles. The van der Waals surface area contributed by atoms with Crippen LogP contribution in [0.25, 0.3) is 16.7 Å². The topological polar surface area (TPSA) is 82.4 Å². The number of ether oxygens (including phenoxy) is 2. The van der Waals surface area contributed by atoms with Crippen LogP contribution in [0.2, 0.25) is 25.7 Å². The number of benzene rings is 1. The van der Waals surface area contributed by atoms with Gasteiger partial charge in [0.2, 0.25) is 11.8 Å². The second kappa shape index (κ2) is 9.19. The minimum absolute atomic E-state index is 0.189. The Morgan fingerprint density at radius 3 is 2.41 bits per heavy atom. The van der Waals surface area contributed by atoms with Crippen molar-refractivity contribution in [1.29, 1.82) is 0 Å². The second-order valence-corrected chi connectivity index (χ2v) is 16.3. The Kier molecular flexibility index (Phi) is 6.94. The molecule has 3 rings (SSSR count). The van der Waals surface area contributed by atoms with E-state index >= 15 is 0 Å². The summed E-state index contributed by atoms with van der Waals surface area (Å²) in [5, 5.41) is 5.20. The Morgan fingerprint density at radius 2 is 1.81 bits per heavy atom. The van der Waals surface area contributed by atoms with Crippen molar-refractivity contribution < 1.29 is 14.3 Å². The zero-order chi connectivity index (χ0) is 23.7. The maximum atomic E-state index is 12.6. The Morgan fingerprint density at radius 1 is 1.16 bits per heavy atom. The average Bonchev–Trinajstić information content (AvgIpc) is 3.09. The van der Waals surface area contributed by atoms with Crippen molar-refractivity contribution in [2.24, 2.45) is 0 Å². The molecule has 0 atom stereocenters. The van der Waals surface area contributed by atoms with Crippen molar-refractivity contribution in [1.82, 2.24) is 19.7 Å². The molecule has 172 valence electrons. The van der Waals surface area contributed by atoms with Crippen molar-refractivity contribution in [2.45, 2.75) is 52.1 Å². The summed E-state index contributed by atoms with van der Waals surface area (Å²) in [6.45, 7) is 12.9. The number of rotatable bonds is 6. The zero-order valence-electron chi connectivity index (χ0n) is 19.6. The summed E-state index contributed by atoms with van der Waals surface area (Å²) in [5.74, 6) is 0.593. The van der Waals surface area contributed by atoms with E-state index in [0.717, 1.165) is 16.2 Å². The number of carbonyl (C=O) groups is 1. The maximum absolute atomic E-state index is 12.6. The van der Waals surface area contributed by atoms with Gasteiger partial charge in [-0.2, -0.15) is 15.1 Å². The molecule has 1 amide bonds. The fourth-order valence-electron chi connectivity index (χ4n) is 2.77.